The molecule has 3 aromatic rings. The summed E-state index contributed by atoms with van der Waals surface area (Å²) in [5.74, 6) is -0.386. The van der Waals surface area contributed by atoms with Gasteiger partial charge in [0.1, 0.15) is 0 Å². The number of carbonyl (C=O) groups excluding carboxylic acids is 1. The Labute approximate surface area is 142 Å². The minimum atomic E-state index is -0.416. The van der Waals surface area contributed by atoms with Gasteiger partial charge in [-0.15, -0.1) is 0 Å². The number of para-hydroxylation sites is 1. The van der Waals surface area contributed by atoms with Crippen LogP contribution in [-0.4, -0.2) is 10.8 Å². The highest BCUT2D eigenvalue weighted by atomic mass is 35.5. The van der Waals surface area contributed by atoms with Crippen LogP contribution in [0.3, 0.4) is 0 Å². The molecule has 5 heteroatoms. The van der Waals surface area contributed by atoms with E-state index in [1.807, 2.05) is 18.2 Å². The van der Waals surface area contributed by atoms with E-state index in [4.69, 9.17) is 23.2 Å². The van der Waals surface area contributed by atoms with Crippen LogP contribution in [-0.2, 0) is 0 Å². The molecule has 0 saturated heterocycles. The highest BCUT2D eigenvalue weighted by molar-refractivity contribution is 6.35. The minimum absolute atomic E-state index is 0.0880. The summed E-state index contributed by atoms with van der Waals surface area (Å²) in [5, 5.41) is 1.76. The number of pyridine rings is 1. The topological polar surface area (TPSA) is 49.9 Å². The number of ketones is 1. The zero-order valence-corrected chi connectivity index (χ0v) is 13.4. The quantitative estimate of drug-likeness (QED) is 0.552. The van der Waals surface area contributed by atoms with E-state index >= 15 is 0 Å². The van der Waals surface area contributed by atoms with E-state index in [1.165, 1.54) is 6.08 Å². The number of carbonyl (C=O) groups is 1. The molecule has 0 atom stereocenters. The lowest BCUT2D eigenvalue weighted by molar-refractivity contribution is 0.104. The fourth-order valence-electron chi connectivity index (χ4n) is 2.22. The van der Waals surface area contributed by atoms with Crippen LogP contribution in [0.25, 0.3) is 17.0 Å². The van der Waals surface area contributed by atoms with E-state index in [-0.39, 0.29) is 11.3 Å². The zero-order chi connectivity index (χ0) is 16.4. The van der Waals surface area contributed by atoms with E-state index in [2.05, 4.69) is 4.98 Å². The Morgan fingerprint density at radius 2 is 1.83 bits per heavy atom. The molecule has 0 radical (unpaired) electrons. The lowest BCUT2D eigenvalue weighted by Gasteiger charge is -2.01. The fourth-order valence-corrected chi connectivity index (χ4v) is 2.69. The number of hydrogen-bond donors (Lipinski definition) is 1. The van der Waals surface area contributed by atoms with Gasteiger partial charge in [0.25, 0.3) is 5.56 Å². The first-order chi connectivity index (χ1) is 11.0. The Kier molecular flexibility index (Phi) is 4.33. The van der Waals surface area contributed by atoms with Gasteiger partial charge >= 0.3 is 0 Å². The SMILES string of the molecule is O=C(C=Cc1ccc(Cl)cc1Cl)c1cc2ccccc2[nH]c1=O. The smallest absolute Gasteiger partial charge is 0.259 e. The third-order valence-electron chi connectivity index (χ3n) is 3.40. The van der Waals surface area contributed by atoms with Crippen molar-refractivity contribution in [3.63, 3.8) is 0 Å². The lowest BCUT2D eigenvalue weighted by Crippen LogP contribution is -2.16. The molecule has 0 unspecified atom stereocenters. The van der Waals surface area contributed by atoms with Crippen molar-refractivity contribution < 1.29 is 4.79 Å². The van der Waals surface area contributed by atoms with E-state index in [9.17, 15) is 9.59 Å². The predicted octanol–water partition coefficient (Wildman–Crippen LogP) is 4.73. The maximum absolute atomic E-state index is 12.3. The number of nitrogens with one attached hydrogen (secondary N) is 1. The van der Waals surface area contributed by atoms with Crippen LogP contribution in [0.1, 0.15) is 15.9 Å². The van der Waals surface area contributed by atoms with Crippen LogP contribution in [0, 0.1) is 0 Å². The Bertz CT molecular complexity index is 990. The first-order valence-electron chi connectivity index (χ1n) is 6.84. The van der Waals surface area contributed by atoms with E-state index in [0.717, 1.165) is 5.39 Å². The molecule has 1 aromatic heterocycles. The van der Waals surface area contributed by atoms with Crippen LogP contribution in [0.2, 0.25) is 10.0 Å². The maximum atomic E-state index is 12.3. The number of halogens is 2. The second-order valence-corrected chi connectivity index (χ2v) is 5.81. The van der Waals surface area contributed by atoms with Crippen LogP contribution in [0.5, 0.6) is 0 Å². The van der Waals surface area contributed by atoms with Gasteiger partial charge in [-0.05, 0) is 47.4 Å². The van der Waals surface area contributed by atoms with Gasteiger partial charge in [-0.2, -0.15) is 0 Å². The Hall–Kier alpha value is -2.36. The molecule has 1 heterocycles. The van der Waals surface area contributed by atoms with Crippen molar-refractivity contribution in [3.05, 3.63) is 86.1 Å². The third-order valence-corrected chi connectivity index (χ3v) is 3.96. The van der Waals surface area contributed by atoms with Crippen molar-refractivity contribution >= 4 is 46.0 Å². The van der Waals surface area contributed by atoms with E-state index in [1.54, 1.807) is 36.4 Å². The fraction of sp³-hybridized carbons (Fsp3) is 0. The summed E-state index contributed by atoms with van der Waals surface area (Å²) in [6.07, 6.45) is 2.89. The number of H-pyrrole nitrogens is 1. The summed E-state index contributed by atoms with van der Waals surface area (Å²) in [6.45, 7) is 0. The molecule has 0 fully saturated rings. The normalized spacial score (nSPS) is 11.2. The van der Waals surface area contributed by atoms with Gasteiger partial charge in [-0.25, -0.2) is 0 Å². The van der Waals surface area contributed by atoms with Crippen LogP contribution >= 0.6 is 23.2 Å². The van der Waals surface area contributed by atoms with Crippen molar-refractivity contribution in [1.29, 1.82) is 0 Å². The summed E-state index contributed by atoms with van der Waals surface area (Å²) in [7, 11) is 0. The zero-order valence-electron chi connectivity index (χ0n) is 11.8. The molecule has 0 aliphatic rings. The van der Waals surface area contributed by atoms with Crippen molar-refractivity contribution in [3.8, 4) is 0 Å². The molecule has 1 N–H and O–H groups in total. The molecule has 3 nitrogen and oxygen atoms in total. The van der Waals surface area contributed by atoms with Crippen molar-refractivity contribution in [1.82, 2.24) is 4.98 Å². The van der Waals surface area contributed by atoms with E-state index in [0.29, 0.717) is 21.1 Å². The van der Waals surface area contributed by atoms with Gasteiger partial charge in [-0.3, -0.25) is 9.59 Å². The summed E-state index contributed by atoms with van der Waals surface area (Å²) in [5.41, 5.74) is 1.02. The number of hydrogen-bond acceptors (Lipinski definition) is 2. The van der Waals surface area contributed by atoms with E-state index < -0.39 is 5.56 Å². The molecule has 0 spiro atoms. The first-order valence-corrected chi connectivity index (χ1v) is 7.60. The second-order valence-electron chi connectivity index (χ2n) is 4.96. The average molecular weight is 344 g/mol. The predicted molar refractivity (Wildman–Crippen MR) is 94.4 cm³/mol. The molecule has 0 aliphatic carbocycles. The van der Waals surface area contributed by atoms with Gasteiger partial charge in [0.15, 0.2) is 5.78 Å². The summed E-state index contributed by atoms with van der Waals surface area (Å²) >= 11 is 11.9. The van der Waals surface area contributed by atoms with Crippen molar-refractivity contribution in [2.24, 2.45) is 0 Å². The second kappa shape index (κ2) is 6.41. The average Bonchev–Trinajstić information content (AvgIpc) is 2.53. The summed E-state index contributed by atoms with van der Waals surface area (Å²) < 4.78 is 0. The number of rotatable bonds is 3. The van der Waals surface area contributed by atoms with Gasteiger partial charge < -0.3 is 4.98 Å². The molecule has 2 aromatic carbocycles. The maximum Gasteiger partial charge on any atom is 0.259 e. The molecule has 3 rings (SSSR count). The van der Waals surface area contributed by atoms with Crippen LogP contribution < -0.4 is 5.56 Å². The van der Waals surface area contributed by atoms with Crippen LogP contribution in [0.4, 0.5) is 0 Å². The Morgan fingerprint density at radius 3 is 2.61 bits per heavy atom. The molecule has 114 valence electrons. The van der Waals surface area contributed by atoms with Gasteiger partial charge in [0.2, 0.25) is 0 Å². The molecular formula is C18H11Cl2NO2. The highest BCUT2D eigenvalue weighted by Crippen LogP contribution is 2.22. The number of fused-ring (bicyclic) bond motifs is 1. The molecule has 0 amide bonds. The monoisotopic (exact) mass is 343 g/mol. The minimum Gasteiger partial charge on any atom is -0.321 e. The van der Waals surface area contributed by atoms with Gasteiger partial charge in [0.05, 0.1) is 5.56 Å². The third kappa shape index (κ3) is 3.36. The number of benzene rings is 2. The summed E-state index contributed by atoms with van der Waals surface area (Å²) in [6, 6.07) is 13.9. The lowest BCUT2D eigenvalue weighted by atomic mass is 10.1. The Morgan fingerprint density at radius 1 is 1.04 bits per heavy atom. The van der Waals surface area contributed by atoms with Gasteiger partial charge in [-0.1, -0.05) is 47.5 Å². The molecule has 0 aliphatic heterocycles. The molecule has 23 heavy (non-hydrogen) atoms. The van der Waals surface area contributed by atoms with Gasteiger partial charge in [0, 0.05) is 15.6 Å². The number of aromatic amines is 1. The Balaban J connectivity index is 1.95. The largest absolute Gasteiger partial charge is 0.321 e. The molecule has 0 saturated carbocycles. The number of aromatic nitrogens is 1. The standard InChI is InChI=1S/C18H11Cl2NO2/c19-13-7-5-11(15(20)10-13)6-8-17(22)14-9-12-3-1-2-4-16(12)21-18(14)23/h1-10H,(H,21,23). The van der Waals surface area contributed by atoms with Crippen LogP contribution in [0.15, 0.2) is 59.4 Å². The van der Waals surface area contributed by atoms with Crippen molar-refractivity contribution in [2.45, 2.75) is 0 Å². The first kappa shape index (κ1) is 15.5. The molecular weight excluding hydrogens is 333 g/mol. The molecule has 0 bridgehead atoms. The number of allylic oxidation sites excluding steroid dienone is 1. The summed E-state index contributed by atoms with van der Waals surface area (Å²) in [4.78, 5) is 27.0. The van der Waals surface area contributed by atoms with Crippen molar-refractivity contribution in [2.75, 3.05) is 0 Å². The highest BCUT2D eigenvalue weighted by Gasteiger charge is 2.09.